The van der Waals surface area contributed by atoms with Crippen LogP contribution in [0.3, 0.4) is 0 Å². The minimum atomic E-state index is -0.206. The Morgan fingerprint density at radius 1 is 0.900 bits per heavy atom. The SMILES string of the molecule is CC(N[C@@H](C)c1ccccc1Cl)c1c(O)cccc1O. The molecular weight excluding hydrogens is 274 g/mol. The maximum atomic E-state index is 9.87. The van der Waals surface area contributed by atoms with Crippen molar-refractivity contribution in [3.63, 3.8) is 0 Å². The summed E-state index contributed by atoms with van der Waals surface area (Å²) < 4.78 is 0. The van der Waals surface area contributed by atoms with E-state index >= 15 is 0 Å². The lowest BCUT2D eigenvalue weighted by Gasteiger charge is -2.22. The lowest BCUT2D eigenvalue weighted by Crippen LogP contribution is -2.22. The van der Waals surface area contributed by atoms with Crippen LogP contribution in [0.2, 0.25) is 5.02 Å². The number of halogens is 1. The van der Waals surface area contributed by atoms with Crippen molar-refractivity contribution in [1.29, 1.82) is 0 Å². The lowest BCUT2D eigenvalue weighted by atomic mass is 10.0. The number of aromatic hydroxyl groups is 2. The predicted octanol–water partition coefficient (Wildman–Crippen LogP) is 4.16. The van der Waals surface area contributed by atoms with Crippen LogP contribution in [-0.2, 0) is 0 Å². The van der Waals surface area contributed by atoms with Crippen LogP contribution in [0.25, 0.3) is 0 Å². The van der Waals surface area contributed by atoms with E-state index in [1.165, 1.54) is 0 Å². The van der Waals surface area contributed by atoms with Crippen LogP contribution in [0.1, 0.15) is 37.1 Å². The lowest BCUT2D eigenvalue weighted by molar-refractivity contribution is 0.407. The van der Waals surface area contributed by atoms with E-state index in [-0.39, 0.29) is 23.6 Å². The molecule has 0 spiro atoms. The molecule has 0 aromatic heterocycles. The number of nitrogens with one attached hydrogen (secondary N) is 1. The number of hydrogen-bond acceptors (Lipinski definition) is 3. The summed E-state index contributed by atoms with van der Waals surface area (Å²) in [7, 11) is 0. The standard InChI is InChI=1S/C16H18ClNO2/c1-10(12-6-3-4-7-13(12)17)18-11(2)16-14(19)8-5-9-15(16)20/h3-11,18-20H,1-2H3/t10-,11?/m0/s1. The van der Waals surface area contributed by atoms with Gasteiger partial charge < -0.3 is 15.5 Å². The molecule has 2 aromatic rings. The van der Waals surface area contributed by atoms with Gasteiger partial charge in [-0.1, -0.05) is 35.9 Å². The number of hydrogen-bond donors (Lipinski definition) is 3. The molecule has 0 aliphatic carbocycles. The van der Waals surface area contributed by atoms with E-state index in [1.807, 2.05) is 38.1 Å². The van der Waals surface area contributed by atoms with E-state index in [9.17, 15) is 10.2 Å². The first kappa shape index (κ1) is 14.7. The van der Waals surface area contributed by atoms with Gasteiger partial charge in [-0.3, -0.25) is 0 Å². The highest BCUT2D eigenvalue weighted by molar-refractivity contribution is 6.31. The molecular formula is C16H18ClNO2. The van der Waals surface area contributed by atoms with Crippen LogP contribution < -0.4 is 5.32 Å². The molecule has 3 N–H and O–H groups in total. The molecule has 0 saturated heterocycles. The number of phenolic OH excluding ortho intramolecular Hbond substituents is 2. The molecule has 2 rings (SSSR count). The summed E-state index contributed by atoms with van der Waals surface area (Å²) in [5.41, 5.74) is 1.47. The normalized spacial score (nSPS) is 13.9. The zero-order valence-corrected chi connectivity index (χ0v) is 12.2. The molecule has 20 heavy (non-hydrogen) atoms. The van der Waals surface area contributed by atoms with E-state index in [4.69, 9.17) is 11.6 Å². The van der Waals surface area contributed by atoms with Gasteiger partial charge in [0.25, 0.3) is 0 Å². The second-order valence-corrected chi connectivity index (χ2v) is 5.25. The minimum absolute atomic E-state index is 0.00212. The van der Waals surface area contributed by atoms with Crippen LogP contribution in [0.4, 0.5) is 0 Å². The number of phenols is 2. The van der Waals surface area contributed by atoms with Crippen molar-refractivity contribution in [1.82, 2.24) is 5.32 Å². The first-order chi connectivity index (χ1) is 9.50. The Morgan fingerprint density at radius 3 is 2.10 bits per heavy atom. The molecule has 2 atom stereocenters. The van der Waals surface area contributed by atoms with E-state index in [1.54, 1.807) is 18.2 Å². The van der Waals surface area contributed by atoms with Gasteiger partial charge >= 0.3 is 0 Å². The van der Waals surface area contributed by atoms with Crippen LogP contribution in [0, 0.1) is 0 Å². The topological polar surface area (TPSA) is 52.5 Å². The first-order valence-electron chi connectivity index (χ1n) is 6.52. The average molecular weight is 292 g/mol. The van der Waals surface area contributed by atoms with Gasteiger partial charge in [-0.15, -0.1) is 0 Å². The van der Waals surface area contributed by atoms with Crippen molar-refractivity contribution in [3.8, 4) is 11.5 Å². The third-order valence-electron chi connectivity index (χ3n) is 3.36. The predicted molar refractivity (Wildman–Crippen MR) is 81.2 cm³/mol. The van der Waals surface area contributed by atoms with Crippen LogP contribution in [-0.4, -0.2) is 10.2 Å². The Labute approximate surface area is 123 Å². The Balaban J connectivity index is 2.20. The van der Waals surface area contributed by atoms with E-state index in [0.717, 1.165) is 5.56 Å². The van der Waals surface area contributed by atoms with Crippen molar-refractivity contribution in [2.75, 3.05) is 0 Å². The zero-order chi connectivity index (χ0) is 14.7. The third kappa shape index (κ3) is 3.06. The van der Waals surface area contributed by atoms with Gasteiger partial charge in [0.15, 0.2) is 0 Å². The third-order valence-corrected chi connectivity index (χ3v) is 3.71. The van der Waals surface area contributed by atoms with Gasteiger partial charge in [-0.2, -0.15) is 0 Å². The Kier molecular flexibility index (Phi) is 4.53. The second-order valence-electron chi connectivity index (χ2n) is 4.84. The summed E-state index contributed by atoms with van der Waals surface area (Å²) in [5, 5.41) is 23.8. The fourth-order valence-electron chi connectivity index (χ4n) is 2.36. The van der Waals surface area contributed by atoms with Gasteiger partial charge in [0.05, 0.1) is 5.56 Å². The molecule has 0 aliphatic rings. The maximum absolute atomic E-state index is 9.87. The van der Waals surface area contributed by atoms with Gasteiger partial charge in [0.1, 0.15) is 11.5 Å². The van der Waals surface area contributed by atoms with Gasteiger partial charge in [0.2, 0.25) is 0 Å². The Hall–Kier alpha value is -1.71. The molecule has 0 bridgehead atoms. The average Bonchev–Trinajstić information content (AvgIpc) is 2.38. The van der Waals surface area contributed by atoms with E-state index < -0.39 is 0 Å². The first-order valence-corrected chi connectivity index (χ1v) is 6.89. The Bertz CT molecular complexity index is 581. The second kappa shape index (κ2) is 6.16. The van der Waals surface area contributed by atoms with Crippen molar-refractivity contribution in [3.05, 3.63) is 58.6 Å². The summed E-state index contributed by atoms with van der Waals surface area (Å²) in [5.74, 6) is 0.160. The smallest absolute Gasteiger partial charge is 0.124 e. The molecule has 0 fully saturated rings. The molecule has 0 radical (unpaired) electrons. The fraction of sp³-hybridized carbons (Fsp3) is 0.250. The summed E-state index contributed by atoms with van der Waals surface area (Å²) in [6.45, 7) is 3.89. The highest BCUT2D eigenvalue weighted by atomic mass is 35.5. The van der Waals surface area contributed by atoms with Crippen molar-refractivity contribution >= 4 is 11.6 Å². The number of benzene rings is 2. The molecule has 2 aromatic carbocycles. The zero-order valence-electron chi connectivity index (χ0n) is 11.5. The quantitative estimate of drug-likeness (QED) is 0.793. The molecule has 0 amide bonds. The molecule has 0 saturated carbocycles. The highest BCUT2D eigenvalue weighted by Gasteiger charge is 2.18. The van der Waals surface area contributed by atoms with Gasteiger partial charge in [0, 0.05) is 17.1 Å². The molecule has 0 heterocycles. The molecule has 3 nitrogen and oxygen atoms in total. The summed E-state index contributed by atoms with van der Waals surface area (Å²) in [4.78, 5) is 0. The van der Waals surface area contributed by atoms with Crippen molar-refractivity contribution in [2.24, 2.45) is 0 Å². The number of rotatable bonds is 4. The van der Waals surface area contributed by atoms with Crippen molar-refractivity contribution in [2.45, 2.75) is 25.9 Å². The van der Waals surface area contributed by atoms with Gasteiger partial charge in [-0.25, -0.2) is 0 Å². The van der Waals surface area contributed by atoms with Crippen LogP contribution in [0.15, 0.2) is 42.5 Å². The Morgan fingerprint density at radius 2 is 1.50 bits per heavy atom. The monoisotopic (exact) mass is 291 g/mol. The summed E-state index contributed by atoms with van der Waals surface area (Å²) in [6, 6.07) is 12.1. The molecule has 106 valence electrons. The minimum Gasteiger partial charge on any atom is -0.507 e. The van der Waals surface area contributed by atoms with Gasteiger partial charge in [-0.05, 0) is 37.6 Å². The van der Waals surface area contributed by atoms with E-state index in [2.05, 4.69) is 5.32 Å². The van der Waals surface area contributed by atoms with Crippen LogP contribution in [0.5, 0.6) is 11.5 Å². The fourth-order valence-corrected chi connectivity index (χ4v) is 2.66. The van der Waals surface area contributed by atoms with E-state index in [0.29, 0.717) is 10.6 Å². The molecule has 1 unspecified atom stereocenters. The highest BCUT2D eigenvalue weighted by Crippen LogP contribution is 2.34. The van der Waals surface area contributed by atoms with Crippen molar-refractivity contribution < 1.29 is 10.2 Å². The summed E-state index contributed by atoms with van der Waals surface area (Å²) >= 11 is 6.17. The molecule has 0 aliphatic heterocycles. The maximum Gasteiger partial charge on any atom is 0.124 e. The summed E-state index contributed by atoms with van der Waals surface area (Å²) in [6.07, 6.45) is 0. The largest absolute Gasteiger partial charge is 0.507 e. The van der Waals surface area contributed by atoms with Crippen LogP contribution >= 0.6 is 11.6 Å². The molecule has 4 heteroatoms.